The van der Waals surface area contributed by atoms with E-state index in [1.54, 1.807) is 18.2 Å². The molecule has 0 aliphatic heterocycles. The molecule has 4 nitrogen and oxygen atoms in total. The number of aromatic amines is 1. The topological polar surface area (TPSA) is 73.3 Å². The Kier molecular flexibility index (Phi) is 3.23. The minimum absolute atomic E-state index is 0.120. The number of para-hydroxylation sites is 1. The van der Waals surface area contributed by atoms with Gasteiger partial charge in [0.1, 0.15) is 6.10 Å². The Morgan fingerprint density at radius 1 is 1.10 bits per heavy atom. The van der Waals surface area contributed by atoms with E-state index >= 15 is 0 Å². The summed E-state index contributed by atoms with van der Waals surface area (Å²) in [6.07, 6.45) is -0.978. The third-order valence-corrected chi connectivity index (χ3v) is 3.70. The van der Waals surface area contributed by atoms with Gasteiger partial charge >= 0.3 is 5.97 Å². The fourth-order valence-corrected chi connectivity index (χ4v) is 2.74. The number of carboxylic acid groups (broad SMARTS) is 1. The number of fused-ring (bicyclic) bond motifs is 1. The lowest BCUT2D eigenvalue weighted by molar-refractivity contribution is 0.0691. The molecule has 0 aliphatic rings. The molecule has 1 atom stereocenters. The summed E-state index contributed by atoms with van der Waals surface area (Å²) in [6.45, 7) is 1.88. The molecule has 0 saturated heterocycles. The number of carbonyl (C=O) groups is 1. The van der Waals surface area contributed by atoms with Crippen LogP contribution in [0.15, 0.2) is 48.5 Å². The van der Waals surface area contributed by atoms with E-state index in [0.29, 0.717) is 5.56 Å². The van der Waals surface area contributed by atoms with E-state index in [1.165, 1.54) is 6.07 Å². The number of benzene rings is 2. The minimum atomic E-state index is -1.04. The van der Waals surface area contributed by atoms with E-state index < -0.39 is 12.1 Å². The Balaban J connectivity index is 2.20. The molecule has 0 radical (unpaired) electrons. The van der Waals surface area contributed by atoms with Gasteiger partial charge in [-0.25, -0.2) is 4.79 Å². The standard InChI is InChI=1S/C17H15NO3/c1-10-15(13-8-4-5-9-14(13)18-10)16(19)11-6-2-3-7-12(11)17(20)21/h2-9,16,18-19H,1H3,(H,20,21). The first-order chi connectivity index (χ1) is 10.1. The van der Waals surface area contributed by atoms with E-state index in [0.717, 1.165) is 22.2 Å². The van der Waals surface area contributed by atoms with Crippen LogP contribution in [0.2, 0.25) is 0 Å². The molecule has 0 fully saturated rings. The smallest absolute Gasteiger partial charge is 0.336 e. The van der Waals surface area contributed by atoms with Crippen molar-refractivity contribution in [3.05, 3.63) is 70.9 Å². The third-order valence-electron chi connectivity index (χ3n) is 3.70. The second-order valence-corrected chi connectivity index (χ2v) is 5.00. The summed E-state index contributed by atoms with van der Waals surface area (Å²) in [7, 11) is 0. The number of nitrogens with one attached hydrogen (secondary N) is 1. The first kappa shape index (κ1) is 13.4. The number of H-pyrrole nitrogens is 1. The van der Waals surface area contributed by atoms with Crippen molar-refractivity contribution in [3.63, 3.8) is 0 Å². The first-order valence-electron chi connectivity index (χ1n) is 6.67. The molecule has 0 aliphatic carbocycles. The molecule has 0 amide bonds. The Hall–Kier alpha value is -2.59. The van der Waals surface area contributed by atoms with Crippen LogP contribution in [0.1, 0.15) is 33.3 Å². The van der Waals surface area contributed by atoms with Crippen molar-refractivity contribution in [3.8, 4) is 0 Å². The zero-order chi connectivity index (χ0) is 15.0. The van der Waals surface area contributed by atoms with Gasteiger partial charge in [-0.15, -0.1) is 0 Å². The molecule has 0 saturated carbocycles. The molecule has 1 aromatic heterocycles. The average molecular weight is 281 g/mol. The molecule has 3 aromatic rings. The van der Waals surface area contributed by atoms with Gasteiger partial charge in [-0.2, -0.15) is 0 Å². The third kappa shape index (κ3) is 2.19. The first-order valence-corrected chi connectivity index (χ1v) is 6.67. The summed E-state index contributed by atoms with van der Waals surface area (Å²) >= 11 is 0. The summed E-state index contributed by atoms with van der Waals surface area (Å²) in [4.78, 5) is 14.5. The highest BCUT2D eigenvalue weighted by Crippen LogP contribution is 2.33. The summed E-state index contributed by atoms with van der Waals surface area (Å²) < 4.78 is 0. The number of aromatic nitrogens is 1. The average Bonchev–Trinajstić information content (AvgIpc) is 2.82. The highest BCUT2D eigenvalue weighted by molar-refractivity contribution is 5.91. The zero-order valence-electron chi connectivity index (χ0n) is 11.5. The van der Waals surface area contributed by atoms with Gasteiger partial charge in [-0.1, -0.05) is 36.4 Å². The van der Waals surface area contributed by atoms with Crippen molar-refractivity contribution in [1.82, 2.24) is 4.98 Å². The molecule has 2 aromatic carbocycles. The van der Waals surface area contributed by atoms with Crippen molar-refractivity contribution < 1.29 is 15.0 Å². The fourth-order valence-electron chi connectivity index (χ4n) is 2.74. The van der Waals surface area contributed by atoms with Crippen LogP contribution in [0.3, 0.4) is 0 Å². The maximum absolute atomic E-state index is 11.3. The van der Waals surface area contributed by atoms with Crippen LogP contribution in [0, 0.1) is 6.92 Å². The zero-order valence-corrected chi connectivity index (χ0v) is 11.5. The molecular weight excluding hydrogens is 266 g/mol. The Morgan fingerprint density at radius 2 is 1.76 bits per heavy atom. The number of hydrogen-bond donors (Lipinski definition) is 3. The lowest BCUT2D eigenvalue weighted by Crippen LogP contribution is -2.08. The summed E-state index contributed by atoms with van der Waals surface area (Å²) in [6, 6.07) is 14.2. The number of carboxylic acids is 1. The van der Waals surface area contributed by atoms with Gasteiger partial charge in [0.15, 0.2) is 0 Å². The monoisotopic (exact) mass is 281 g/mol. The molecule has 1 unspecified atom stereocenters. The molecule has 21 heavy (non-hydrogen) atoms. The number of aryl methyl sites for hydroxylation is 1. The van der Waals surface area contributed by atoms with Crippen LogP contribution >= 0.6 is 0 Å². The maximum Gasteiger partial charge on any atom is 0.336 e. The summed E-state index contributed by atoms with van der Waals surface area (Å²) in [5, 5.41) is 20.9. The van der Waals surface area contributed by atoms with E-state index in [9.17, 15) is 15.0 Å². The predicted molar refractivity (Wildman–Crippen MR) is 80.5 cm³/mol. The highest BCUT2D eigenvalue weighted by Gasteiger charge is 2.22. The minimum Gasteiger partial charge on any atom is -0.478 e. The SMILES string of the molecule is Cc1[nH]c2ccccc2c1C(O)c1ccccc1C(=O)O. The number of rotatable bonds is 3. The normalized spacial score (nSPS) is 12.5. The Morgan fingerprint density at radius 3 is 2.52 bits per heavy atom. The van der Waals surface area contributed by atoms with E-state index in [2.05, 4.69) is 4.98 Å². The predicted octanol–water partition coefficient (Wildman–Crippen LogP) is 3.26. The van der Waals surface area contributed by atoms with E-state index in [1.807, 2.05) is 31.2 Å². The van der Waals surface area contributed by atoms with Crippen molar-refractivity contribution in [2.45, 2.75) is 13.0 Å². The summed E-state index contributed by atoms with van der Waals surface area (Å²) in [5.74, 6) is -1.04. The Labute approximate surface area is 121 Å². The molecule has 3 N–H and O–H groups in total. The molecule has 0 bridgehead atoms. The molecule has 0 spiro atoms. The largest absolute Gasteiger partial charge is 0.478 e. The van der Waals surface area contributed by atoms with Gasteiger partial charge in [0.2, 0.25) is 0 Å². The van der Waals surface area contributed by atoms with Crippen LogP contribution in [0.4, 0.5) is 0 Å². The van der Waals surface area contributed by atoms with Gasteiger partial charge in [0.05, 0.1) is 5.56 Å². The lowest BCUT2D eigenvalue weighted by atomic mass is 9.95. The van der Waals surface area contributed by atoms with Crippen molar-refractivity contribution in [2.75, 3.05) is 0 Å². The highest BCUT2D eigenvalue weighted by atomic mass is 16.4. The second-order valence-electron chi connectivity index (χ2n) is 5.00. The second kappa shape index (κ2) is 5.07. The molecule has 106 valence electrons. The van der Waals surface area contributed by atoms with Crippen molar-refractivity contribution in [1.29, 1.82) is 0 Å². The van der Waals surface area contributed by atoms with Crippen LogP contribution in [0.5, 0.6) is 0 Å². The quantitative estimate of drug-likeness (QED) is 0.690. The summed E-state index contributed by atoms with van der Waals surface area (Å²) in [5.41, 5.74) is 3.01. The fraction of sp³-hybridized carbons (Fsp3) is 0.118. The maximum atomic E-state index is 11.3. The van der Waals surface area contributed by atoms with Crippen LogP contribution in [-0.4, -0.2) is 21.2 Å². The molecule has 3 rings (SSSR count). The van der Waals surface area contributed by atoms with Crippen molar-refractivity contribution in [2.24, 2.45) is 0 Å². The number of hydrogen-bond acceptors (Lipinski definition) is 2. The van der Waals surface area contributed by atoms with Gasteiger partial charge in [0.25, 0.3) is 0 Å². The van der Waals surface area contributed by atoms with Gasteiger partial charge in [0, 0.05) is 22.2 Å². The van der Waals surface area contributed by atoms with Crippen molar-refractivity contribution >= 4 is 16.9 Å². The number of aliphatic hydroxyl groups is 1. The van der Waals surface area contributed by atoms with Crippen LogP contribution in [-0.2, 0) is 0 Å². The molecule has 1 heterocycles. The van der Waals surface area contributed by atoms with Gasteiger partial charge in [-0.05, 0) is 24.6 Å². The number of aromatic carboxylic acids is 1. The van der Waals surface area contributed by atoms with Gasteiger partial charge < -0.3 is 15.2 Å². The lowest BCUT2D eigenvalue weighted by Gasteiger charge is -2.14. The number of aliphatic hydroxyl groups excluding tert-OH is 1. The molecule has 4 heteroatoms. The molecular formula is C17H15NO3. The van der Waals surface area contributed by atoms with E-state index in [-0.39, 0.29) is 5.56 Å². The van der Waals surface area contributed by atoms with E-state index in [4.69, 9.17) is 0 Å². The van der Waals surface area contributed by atoms with Gasteiger partial charge in [-0.3, -0.25) is 0 Å². The van der Waals surface area contributed by atoms with Crippen LogP contribution in [0.25, 0.3) is 10.9 Å². The Bertz CT molecular complexity index is 820. The van der Waals surface area contributed by atoms with Crippen LogP contribution < -0.4 is 0 Å².